The monoisotopic (exact) mass is 360 g/mol. The largest absolute Gasteiger partial charge is 0.511 e. The summed E-state index contributed by atoms with van der Waals surface area (Å²) in [5.74, 6) is -1.76. The standard InChI is InChI=1S/C20H21ClO4/c1-9-7-11(21)5-6-12(9)13-8-14(13)17(23)15-16(22)10(2)18(24)20(3,4)19(15)25/h5-7,13-14,22,24H,8H2,1-4H3. The van der Waals surface area contributed by atoms with Gasteiger partial charge in [-0.05, 0) is 63.3 Å². The minimum absolute atomic E-state index is 0.0285. The summed E-state index contributed by atoms with van der Waals surface area (Å²) >= 11 is 5.98. The Kier molecular flexibility index (Phi) is 4.07. The molecule has 2 N–H and O–H groups in total. The number of benzene rings is 1. The summed E-state index contributed by atoms with van der Waals surface area (Å²) in [5, 5.41) is 21.1. The number of hydrogen-bond donors (Lipinski definition) is 2. The summed E-state index contributed by atoms with van der Waals surface area (Å²) in [7, 11) is 0. The van der Waals surface area contributed by atoms with Gasteiger partial charge in [-0.25, -0.2) is 0 Å². The molecule has 0 radical (unpaired) electrons. The number of ketones is 2. The number of allylic oxidation sites excluding steroid dienone is 3. The van der Waals surface area contributed by atoms with Crippen molar-refractivity contribution in [3.8, 4) is 0 Å². The number of Topliss-reactive ketones (excluding diaryl/α,β-unsaturated/α-hetero) is 2. The van der Waals surface area contributed by atoms with Crippen molar-refractivity contribution in [2.45, 2.75) is 40.0 Å². The van der Waals surface area contributed by atoms with E-state index >= 15 is 0 Å². The molecule has 5 heteroatoms. The van der Waals surface area contributed by atoms with E-state index in [2.05, 4.69) is 0 Å². The van der Waals surface area contributed by atoms with E-state index in [1.165, 1.54) is 6.92 Å². The molecule has 25 heavy (non-hydrogen) atoms. The molecule has 0 heterocycles. The van der Waals surface area contributed by atoms with Crippen LogP contribution in [0.1, 0.15) is 44.2 Å². The fourth-order valence-corrected chi connectivity index (χ4v) is 3.82. The van der Waals surface area contributed by atoms with Crippen molar-refractivity contribution in [3.63, 3.8) is 0 Å². The Bertz CT molecular complexity index is 860. The van der Waals surface area contributed by atoms with Gasteiger partial charge in [0.15, 0.2) is 11.6 Å². The van der Waals surface area contributed by atoms with Crippen LogP contribution in [0.2, 0.25) is 5.02 Å². The predicted molar refractivity (Wildman–Crippen MR) is 95.8 cm³/mol. The van der Waals surface area contributed by atoms with Crippen LogP contribution in [0.5, 0.6) is 0 Å². The van der Waals surface area contributed by atoms with Gasteiger partial charge in [-0.2, -0.15) is 0 Å². The lowest BCUT2D eigenvalue weighted by molar-refractivity contribution is -0.127. The number of aryl methyl sites for hydroxylation is 1. The van der Waals surface area contributed by atoms with Crippen LogP contribution < -0.4 is 0 Å². The van der Waals surface area contributed by atoms with Gasteiger partial charge in [0.05, 0.1) is 5.41 Å². The minimum atomic E-state index is -1.21. The van der Waals surface area contributed by atoms with Crippen LogP contribution in [0.4, 0.5) is 0 Å². The summed E-state index contributed by atoms with van der Waals surface area (Å²) in [4.78, 5) is 25.6. The first kappa shape index (κ1) is 17.7. The highest BCUT2D eigenvalue weighted by Crippen LogP contribution is 2.52. The summed E-state index contributed by atoms with van der Waals surface area (Å²) in [6, 6.07) is 5.56. The van der Waals surface area contributed by atoms with Crippen molar-refractivity contribution in [1.29, 1.82) is 0 Å². The lowest BCUT2D eigenvalue weighted by Crippen LogP contribution is -2.36. The molecule has 1 aromatic rings. The summed E-state index contributed by atoms with van der Waals surface area (Å²) in [6.45, 7) is 6.57. The molecule has 2 atom stereocenters. The van der Waals surface area contributed by atoms with Gasteiger partial charge in [0.2, 0.25) is 0 Å². The third-order valence-corrected chi connectivity index (χ3v) is 5.57. The average molecular weight is 361 g/mol. The zero-order valence-electron chi connectivity index (χ0n) is 14.7. The molecule has 0 aromatic heterocycles. The van der Waals surface area contributed by atoms with Gasteiger partial charge in [-0.1, -0.05) is 17.7 Å². The van der Waals surface area contributed by atoms with E-state index in [0.29, 0.717) is 11.4 Å². The van der Waals surface area contributed by atoms with Crippen molar-refractivity contribution >= 4 is 23.2 Å². The van der Waals surface area contributed by atoms with Crippen LogP contribution in [0.3, 0.4) is 0 Å². The Morgan fingerprint density at radius 1 is 1.24 bits per heavy atom. The molecule has 132 valence electrons. The van der Waals surface area contributed by atoms with Crippen LogP contribution in [-0.2, 0) is 9.59 Å². The highest BCUT2D eigenvalue weighted by molar-refractivity contribution is 6.30. The van der Waals surface area contributed by atoms with Crippen LogP contribution >= 0.6 is 11.6 Å². The highest BCUT2D eigenvalue weighted by Gasteiger charge is 2.51. The van der Waals surface area contributed by atoms with Gasteiger partial charge < -0.3 is 10.2 Å². The smallest absolute Gasteiger partial charge is 0.183 e. The van der Waals surface area contributed by atoms with E-state index in [9.17, 15) is 19.8 Å². The molecule has 0 saturated heterocycles. The maximum absolute atomic E-state index is 12.9. The number of carbonyl (C=O) groups is 2. The van der Waals surface area contributed by atoms with E-state index in [1.807, 2.05) is 19.1 Å². The van der Waals surface area contributed by atoms with Gasteiger partial charge in [0, 0.05) is 16.5 Å². The topological polar surface area (TPSA) is 74.6 Å². The molecule has 2 aliphatic rings. The van der Waals surface area contributed by atoms with Gasteiger partial charge in [0.25, 0.3) is 0 Å². The Hall–Kier alpha value is -2.07. The van der Waals surface area contributed by atoms with Crippen molar-refractivity contribution < 1.29 is 19.8 Å². The second-order valence-electron chi connectivity index (χ2n) is 7.47. The van der Waals surface area contributed by atoms with Gasteiger partial charge in [-0.3, -0.25) is 9.59 Å². The molecule has 0 spiro atoms. The lowest BCUT2D eigenvalue weighted by atomic mass is 9.74. The molecule has 0 amide bonds. The van der Waals surface area contributed by atoms with E-state index < -0.39 is 17.0 Å². The third kappa shape index (κ3) is 2.69. The number of aliphatic hydroxyl groups excluding tert-OH is 2. The molecule has 2 unspecified atom stereocenters. The van der Waals surface area contributed by atoms with Crippen molar-refractivity contribution in [2.75, 3.05) is 0 Å². The molecule has 1 fully saturated rings. The first-order valence-corrected chi connectivity index (χ1v) is 8.64. The van der Waals surface area contributed by atoms with Crippen molar-refractivity contribution in [1.82, 2.24) is 0 Å². The predicted octanol–water partition coefficient (Wildman–Crippen LogP) is 4.57. The van der Waals surface area contributed by atoms with E-state index in [4.69, 9.17) is 11.6 Å². The average Bonchev–Trinajstić information content (AvgIpc) is 3.32. The Morgan fingerprint density at radius 3 is 2.48 bits per heavy atom. The second-order valence-corrected chi connectivity index (χ2v) is 7.90. The van der Waals surface area contributed by atoms with Crippen LogP contribution in [0, 0.1) is 18.3 Å². The quantitative estimate of drug-likeness (QED) is 0.774. The first-order chi connectivity index (χ1) is 11.6. The maximum atomic E-state index is 12.9. The Labute approximate surface area is 151 Å². The van der Waals surface area contributed by atoms with Gasteiger partial charge in [-0.15, -0.1) is 0 Å². The Balaban J connectivity index is 1.93. The van der Waals surface area contributed by atoms with Crippen LogP contribution in [-0.4, -0.2) is 21.8 Å². The number of hydrogen-bond acceptors (Lipinski definition) is 4. The van der Waals surface area contributed by atoms with Gasteiger partial charge in [0.1, 0.15) is 17.1 Å². The highest BCUT2D eigenvalue weighted by atomic mass is 35.5. The summed E-state index contributed by atoms with van der Waals surface area (Å²) < 4.78 is 0. The number of rotatable bonds is 3. The van der Waals surface area contributed by atoms with Crippen LogP contribution in [0.25, 0.3) is 0 Å². The summed E-state index contributed by atoms with van der Waals surface area (Å²) in [5.41, 5.74) is 0.852. The first-order valence-electron chi connectivity index (χ1n) is 8.26. The molecular weight excluding hydrogens is 340 g/mol. The molecular formula is C20H21ClO4. The van der Waals surface area contributed by atoms with E-state index in [0.717, 1.165) is 11.1 Å². The number of halogens is 1. The fourth-order valence-electron chi connectivity index (χ4n) is 3.59. The molecule has 0 bridgehead atoms. The molecule has 0 aliphatic heterocycles. The molecule has 3 rings (SSSR count). The number of carbonyl (C=O) groups excluding carboxylic acids is 2. The third-order valence-electron chi connectivity index (χ3n) is 5.34. The van der Waals surface area contributed by atoms with Crippen molar-refractivity contribution in [3.05, 3.63) is 57.0 Å². The number of aliphatic hydroxyl groups is 2. The molecule has 1 aromatic carbocycles. The Morgan fingerprint density at radius 2 is 1.88 bits per heavy atom. The van der Waals surface area contributed by atoms with E-state index in [-0.39, 0.29) is 34.5 Å². The maximum Gasteiger partial charge on any atom is 0.183 e. The van der Waals surface area contributed by atoms with Gasteiger partial charge >= 0.3 is 0 Å². The normalized spacial score (nSPS) is 25.4. The zero-order chi connectivity index (χ0) is 18.7. The molecule has 2 aliphatic carbocycles. The van der Waals surface area contributed by atoms with Crippen LogP contribution in [0.15, 0.2) is 40.9 Å². The minimum Gasteiger partial charge on any atom is -0.511 e. The fraction of sp³-hybridized carbons (Fsp3) is 0.400. The van der Waals surface area contributed by atoms with Crippen molar-refractivity contribution in [2.24, 2.45) is 11.3 Å². The SMILES string of the molecule is CC1=C(O)C(C)(C)C(=O)C(C(=O)C2CC2c2ccc(Cl)cc2C)=C1O. The zero-order valence-corrected chi connectivity index (χ0v) is 15.4. The molecule has 4 nitrogen and oxygen atoms in total. The summed E-state index contributed by atoms with van der Waals surface area (Å²) in [6.07, 6.45) is 0.639. The molecule has 1 saturated carbocycles. The second kappa shape index (κ2) is 5.73. The lowest BCUT2D eigenvalue weighted by Gasteiger charge is -2.29. The van der Waals surface area contributed by atoms with E-state index in [1.54, 1.807) is 19.9 Å².